The van der Waals surface area contributed by atoms with E-state index in [0.29, 0.717) is 18.8 Å². The molecule has 0 unspecified atom stereocenters. The van der Waals surface area contributed by atoms with E-state index in [0.717, 1.165) is 25.9 Å². The van der Waals surface area contributed by atoms with Crippen molar-refractivity contribution in [2.45, 2.75) is 24.9 Å². The molecule has 1 spiro atoms. The summed E-state index contributed by atoms with van der Waals surface area (Å²) in [7, 11) is 0. The molecule has 0 N–H and O–H groups in total. The summed E-state index contributed by atoms with van der Waals surface area (Å²) in [4.78, 5) is 17.0. The first-order chi connectivity index (χ1) is 13.3. The minimum atomic E-state index is -0.260. The lowest BCUT2D eigenvalue weighted by molar-refractivity contribution is -0.0908. The lowest BCUT2D eigenvalue weighted by atomic mass is 9.85. The van der Waals surface area contributed by atoms with Crippen molar-refractivity contribution in [2.75, 3.05) is 19.7 Å². The number of piperidine rings is 1. The highest BCUT2D eigenvalue weighted by atomic mass is 32.1. The third-order valence-corrected chi connectivity index (χ3v) is 6.95. The molecule has 0 saturated carbocycles. The SMILES string of the molecule is O=C(c1ccno1)N1CCC2(CC1)OCCc1cc(-c3ccccc3)sc12. The van der Waals surface area contributed by atoms with Crippen LogP contribution in [0.3, 0.4) is 0 Å². The van der Waals surface area contributed by atoms with E-state index in [1.54, 1.807) is 6.07 Å². The molecule has 2 aromatic heterocycles. The van der Waals surface area contributed by atoms with Gasteiger partial charge in [-0.2, -0.15) is 0 Å². The van der Waals surface area contributed by atoms with Gasteiger partial charge in [-0.05, 0) is 36.5 Å². The van der Waals surface area contributed by atoms with E-state index in [1.165, 1.54) is 27.1 Å². The summed E-state index contributed by atoms with van der Waals surface area (Å²) in [6.07, 6.45) is 4.09. The van der Waals surface area contributed by atoms with Crippen molar-refractivity contribution in [3.63, 3.8) is 0 Å². The van der Waals surface area contributed by atoms with Crippen molar-refractivity contribution in [1.29, 1.82) is 0 Å². The van der Waals surface area contributed by atoms with Crippen LogP contribution >= 0.6 is 11.3 Å². The maximum atomic E-state index is 12.5. The van der Waals surface area contributed by atoms with E-state index in [1.807, 2.05) is 22.3 Å². The summed E-state index contributed by atoms with van der Waals surface area (Å²) < 4.78 is 11.4. The van der Waals surface area contributed by atoms with E-state index in [2.05, 4.69) is 35.5 Å². The van der Waals surface area contributed by atoms with Gasteiger partial charge >= 0.3 is 0 Å². The fourth-order valence-electron chi connectivity index (χ4n) is 4.09. The first kappa shape index (κ1) is 16.7. The third-order valence-electron chi connectivity index (χ3n) is 5.54. The summed E-state index contributed by atoms with van der Waals surface area (Å²) in [5.74, 6) is 0.216. The van der Waals surface area contributed by atoms with Crippen molar-refractivity contribution in [2.24, 2.45) is 0 Å². The van der Waals surface area contributed by atoms with Crippen LogP contribution in [-0.2, 0) is 16.8 Å². The molecular formula is C21H20N2O3S. The van der Waals surface area contributed by atoms with Crippen LogP contribution in [0.15, 0.2) is 53.2 Å². The zero-order valence-corrected chi connectivity index (χ0v) is 15.7. The molecule has 3 aromatic rings. The van der Waals surface area contributed by atoms with Crippen molar-refractivity contribution in [3.05, 3.63) is 64.9 Å². The van der Waals surface area contributed by atoms with Gasteiger partial charge in [0.25, 0.3) is 5.91 Å². The molecule has 0 aliphatic carbocycles. The topological polar surface area (TPSA) is 55.6 Å². The number of fused-ring (bicyclic) bond motifs is 2. The van der Waals surface area contributed by atoms with Crippen LogP contribution in [0.5, 0.6) is 0 Å². The number of carbonyl (C=O) groups is 1. The second-order valence-electron chi connectivity index (χ2n) is 7.09. The van der Waals surface area contributed by atoms with E-state index >= 15 is 0 Å². The summed E-state index contributed by atoms with van der Waals surface area (Å²) in [6, 6.07) is 14.5. The van der Waals surface area contributed by atoms with Gasteiger partial charge < -0.3 is 14.2 Å². The van der Waals surface area contributed by atoms with Crippen LogP contribution < -0.4 is 0 Å². The van der Waals surface area contributed by atoms with Gasteiger partial charge in [0.1, 0.15) is 5.60 Å². The lowest BCUT2D eigenvalue weighted by Gasteiger charge is -2.43. The molecule has 2 aliphatic heterocycles. The van der Waals surface area contributed by atoms with E-state index in [-0.39, 0.29) is 11.5 Å². The Labute approximate surface area is 161 Å². The molecule has 0 radical (unpaired) electrons. The molecule has 5 rings (SSSR count). The number of likely N-dealkylation sites (tertiary alicyclic amines) is 1. The van der Waals surface area contributed by atoms with Crippen molar-refractivity contribution < 1.29 is 14.1 Å². The number of amides is 1. The van der Waals surface area contributed by atoms with Crippen LogP contribution in [0.25, 0.3) is 10.4 Å². The van der Waals surface area contributed by atoms with Gasteiger partial charge in [-0.15, -0.1) is 11.3 Å². The molecule has 27 heavy (non-hydrogen) atoms. The van der Waals surface area contributed by atoms with Gasteiger partial charge in [-0.25, -0.2) is 0 Å². The Morgan fingerprint density at radius 3 is 2.70 bits per heavy atom. The zero-order chi connectivity index (χ0) is 18.3. The minimum Gasteiger partial charge on any atom is -0.369 e. The van der Waals surface area contributed by atoms with Gasteiger partial charge in [-0.1, -0.05) is 35.5 Å². The summed E-state index contributed by atoms with van der Waals surface area (Å²) in [6.45, 7) is 2.07. The Hall–Kier alpha value is -2.44. The monoisotopic (exact) mass is 380 g/mol. The van der Waals surface area contributed by atoms with Crippen molar-refractivity contribution in [1.82, 2.24) is 10.1 Å². The zero-order valence-electron chi connectivity index (χ0n) is 14.9. The van der Waals surface area contributed by atoms with Crippen LogP contribution in [0.4, 0.5) is 0 Å². The Bertz CT molecular complexity index is 941. The summed E-state index contributed by atoms with van der Waals surface area (Å²) in [5, 5.41) is 3.64. The highest BCUT2D eigenvalue weighted by Gasteiger charge is 2.43. The average molecular weight is 380 g/mol. The number of carbonyl (C=O) groups excluding carboxylic acids is 1. The highest BCUT2D eigenvalue weighted by Crippen LogP contribution is 2.47. The summed E-state index contributed by atoms with van der Waals surface area (Å²) in [5.41, 5.74) is 2.40. The second kappa shape index (κ2) is 6.62. The van der Waals surface area contributed by atoms with Crippen LogP contribution in [0, 0.1) is 0 Å². The highest BCUT2D eigenvalue weighted by molar-refractivity contribution is 7.15. The number of hydrogen-bond acceptors (Lipinski definition) is 5. The van der Waals surface area contributed by atoms with Gasteiger partial charge in [0, 0.05) is 28.9 Å². The van der Waals surface area contributed by atoms with Gasteiger partial charge in [0.15, 0.2) is 0 Å². The first-order valence-corrected chi connectivity index (χ1v) is 10.1. The number of nitrogens with zero attached hydrogens (tertiary/aromatic N) is 2. The molecule has 1 aromatic carbocycles. The van der Waals surface area contributed by atoms with Crippen molar-refractivity contribution >= 4 is 17.2 Å². The number of thiophene rings is 1. The number of ether oxygens (including phenoxy) is 1. The quantitative estimate of drug-likeness (QED) is 0.671. The number of benzene rings is 1. The number of rotatable bonds is 2. The van der Waals surface area contributed by atoms with Gasteiger partial charge in [-0.3, -0.25) is 4.79 Å². The Balaban J connectivity index is 1.40. The molecule has 0 bridgehead atoms. The Morgan fingerprint density at radius 2 is 1.96 bits per heavy atom. The van der Waals surface area contributed by atoms with E-state index in [4.69, 9.17) is 9.26 Å². The van der Waals surface area contributed by atoms with Crippen LogP contribution in [0.2, 0.25) is 0 Å². The molecule has 6 heteroatoms. The fourth-order valence-corrected chi connectivity index (χ4v) is 5.51. The van der Waals surface area contributed by atoms with E-state index < -0.39 is 0 Å². The summed E-state index contributed by atoms with van der Waals surface area (Å²) >= 11 is 1.84. The predicted octanol–water partition coefficient (Wildman–Crippen LogP) is 4.11. The average Bonchev–Trinajstić information content (AvgIpc) is 3.40. The van der Waals surface area contributed by atoms with Crippen LogP contribution in [0.1, 0.15) is 33.8 Å². The second-order valence-corrected chi connectivity index (χ2v) is 8.14. The minimum absolute atomic E-state index is 0.0884. The Kier molecular flexibility index (Phi) is 4.10. The maximum absolute atomic E-state index is 12.5. The lowest BCUT2D eigenvalue weighted by Crippen LogP contribution is -2.47. The molecule has 5 nitrogen and oxygen atoms in total. The molecule has 1 saturated heterocycles. The normalized spacial score (nSPS) is 18.4. The van der Waals surface area contributed by atoms with E-state index in [9.17, 15) is 4.79 Å². The maximum Gasteiger partial charge on any atom is 0.292 e. The fraction of sp³-hybridized carbons (Fsp3) is 0.333. The standard InChI is InChI=1S/C21H20N2O3S/c24-20(17-6-10-22-26-17)23-11-8-21(9-12-23)19-16(7-13-25-21)14-18(27-19)15-4-2-1-3-5-15/h1-6,10,14H,7-9,11-13H2. The molecule has 1 fully saturated rings. The largest absolute Gasteiger partial charge is 0.369 e. The molecule has 138 valence electrons. The molecule has 2 aliphatic rings. The molecule has 0 atom stereocenters. The molecule has 1 amide bonds. The first-order valence-electron chi connectivity index (χ1n) is 9.28. The van der Waals surface area contributed by atoms with Crippen molar-refractivity contribution in [3.8, 4) is 10.4 Å². The van der Waals surface area contributed by atoms with Gasteiger partial charge in [0.05, 0.1) is 12.8 Å². The molecule has 4 heterocycles. The predicted molar refractivity (Wildman–Crippen MR) is 103 cm³/mol. The Morgan fingerprint density at radius 1 is 1.15 bits per heavy atom. The number of aromatic nitrogens is 1. The van der Waals surface area contributed by atoms with Gasteiger partial charge in [0.2, 0.25) is 5.76 Å². The molecular weight excluding hydrogens is 360 g/mol. The smallest absolute Gasteiger partial charge is 0.292 e. The van der Waals surface area contributed by atoms with Crippen LogP contribution in [-0.4, -0.2) is 35.7 Å². The number of hydrogen-bond donors (Lipinski definition) is 0. The third kappa shape index (κ3) is 2.89.